The van der Waals surface area contributed by atoms with Gasteiger partial charge in [0.25, 0.3) is 0 Å². The minimum absolute atomic E-state index is 0.0701. The van der Waals surface area contributed by atoms with Gasteiger partial charge in [-0.1, -0.05) is 18.2 Å². The van der Waals surface area contributed by atoms with Crippen LogP contribution in [0.3, 0.4) is 0 Å². The molecule has 4 nitrogen and oxygen atoms in total. The average molecular weight is 395 g/mol. The summed E-state index contributed by atoms with van der Waals surface area (Å²) in [7, 11) is 2.06. The molecule has 0 aliphatic carbocycles. The molecule has 2 aliphatic rings. The minimum Gasteiger partial charge on any atom is -0.371 e. The number of halogens is 1. The maximum Gasteiger partial charge on any atom is 0.141 e. The van der Waals surface area contributed by atoms with Crippen molar-refractivity contribution in [2.75, 3.05) is 30.9 Å². The summed E-state index contributed by atoms with van der Waals surface area (Å²) in [6.07, 6.45) is 4.10. The number of nitrogens with two attached hydrogens (primary N) is 1. The predicted octanol–water partition coefficient (Wildman–Crippen LogP) is 4.23. The summed E-state index contributed by atoms with van der Waals surface area (Å²) in [5.41, 5.74) is 10.3. The third-order valence-electron chi connectivity index (χ3n) is 5.33. The van der Waals surface area contributed by atoms with Crippen LogP contribution in [0.1, 0.15) is 24.0 Å². The number of nitrogens with zero attached hydrogens (tertiary/aromatic N) is 3. The third-order valence-corrected chi connectivity index (χ3v) is 6.49. The van der Waals surface area contributed by atoms with Crippen molar-refractivity contribution < 1.29 is 4.39 Å². The summed E-state index contributed by atoms with van der Waals surface area (Å²) in [5, 5.41) is 9.05. The summed E-state index contributed by atoms with van der Waals surface area (Å²) < 4.78 is 14.3. The molecule has 0 aromatic heterocycles. The van der Waals surface area contributed by atoms with E-state index in [-0.39, 0.29) is 11.6 Å². The summed E-state index contributed by atoms with van der Waals surface area (Å²) in [5.74, 6) is 0.417. The van der Waals surface area contributed by atoms with Crippen molar-refractivity contribution in [1.29, 1.82) is 5.26 Å². The van der Waals surface area contributed by atoms with Gasteiger partial charge in [0.1, 0.15) is 11.9 Å². The van der Waals surface area contributed by atoms with Gasteiger partial charge >= 0.3 is 0 Å². The van der Waals surface area contributed by atoms with Crippen LogP contribution in [0.15, 0.2) is 42.6 Å². The molecule has 2 heterocycles. The summed E-state index contributed by atoms with van der Waals surface area (Å²) in [4.78, 5) is 5.74. The van der Waals surface area contributed by atoms with Gasteiger partial charge in [0.2, 0.25) is 0 Å². The maximum atomic E-state index is 14.3. The molecule has 0 atom stereocenters. The highest BCUT2D eigenvalue weighted by molar-refractivity contribution is 8.08. The van der Waals surface area contributed by atoms with Gasteiger partial charge in [-0.15, -0.1) is 11.8 Å². The molecule has 0 unspecified atom stereocenters. The molecule has 2 N–H and O–H groups in total. The highest BCUT2D eigenvalue weighted by atomic mass is 32.2. The number of hydrogen-bond donors (Lipinski definition) is 1. The van der Waals surface area contributed by atoms with Crippen molar-refractivity contribution in [2.24, 2.45) is 5.73 Å². The van der Waals surface area contributed by atoms with Crippen LogP contribution in [-0.2, 0) is 0 Å². The first-order valence-corrected chi connectivity index (χ1v) is 10.4. The Morgan fingerprint density at radius 1 is 1.21 bits per heavy atom. The largest absolute Gasteiger partial charge is 0.371 e. The molecule has 0 radical (unpaired) electrons. The molecule has 6 heteroatoms. The van der Waals surface area contributed by atoms with Gasteiger partial charge in [-0.05, 0) is 42.2 Å². The van der Waals surface area contributed by atoms with Gasteiger partial charge in [-0.25, -0.2) is 4.39 Å². The van der Waals surface area contributed by atoms with E-state index in [0.717, 1.165) is 48.5 Å². The molecule has 1 saturated heterocycles. The number of hydrogen-bond acceptors (Lipinski definition) is 5. The smallest absolute Gasteiger partial charge is 0.141 e. The van der Waals surface area contributed by atoms with Crippen molar-refractivity contribution in [3.05, 3.63) is 59.5 Å². The lowest BCUT2D eigenvalue weighted by atomic mass is 9.95. The van der Waals surface area contributed by atoms with E-state index in [2.05, 4.69) is 29.1 Å². The number of piperidine rings is 1. The van der Waals surface area contributed by atoms with Crippen molar-refractivity contribution in [3.8, 4) is 17.2 Å². The molecular weight excluding hydrogens is 371 g/mol. The molecule has 4 rings (SSSR count). The first-order chi connectivity index (χ1) is 13.6. The van der Waals surface area contributed by atoms with Crippen LogP contribution >= 0.6 is 11.8 Å². The Hall–Kier alpha value is -2.49. The molecule has 2 aromatic rings. The maximum absolute atomic E-state index is 14.3. The third kappa shape index (κ3) is 3.60. The highest BCUT2D eigenvalue weighted by Crippen LogP contribution is 2.44. The van der Waals surface area contributed by atoms with Crippen LogP contribution in [0.2, 0.25) is 0 Å². The van der Waals surface area contributed by atoms with Crippen molar-refractivity contribution in [1.82, 2.24) is 4.90 Å². The fourth-order valence-corrected chi connectivity index (χ4v) is 4.83. The number of thioether (sulfide) groups is 1. The Bertz CT molecular complexity index is 957. The molecule has 0 saturated carbocycles. The first-order valence-electron chi connectivity index (χ1n) is 9.45. The number of anilines is 1. The lowest BCUT2D eigenvalue weighted by Gasteiger charge is -2.34. The second kappa shape index (κ2) is 7.86. The highest BCUT2D eigenvalue weighted by Gasteiger charge is 2.25. The van der Waals surface area contributed by atoms with Crippen LogP contribution in [0, 0.1) is 17.1 Å². The molecule has 0 amide bonds. The molecule has 0 spiro atoms. The van der Waals surface area contributed by atoms with Gasteiger partial charge in [0.05, 0.1) is 11.4 Å². The Labute approximate surface area is 169 Å². The zero-order valence-corrected chi connectivity index (χ0v) is 16.7. The Kier molecular flexibility index (Phi) is 5.29. The van der Waals surface area contributed by atoms with Gasteiger partial charge in [-0.2, -0.15) is 5.26 Å². The predicted molar refractivity (Wildman–Crippen MR) is 114 cm³/mol. The fraction of sp³-hybridized carbons (Fsp3) is 0.318. The van der Waals surface area contributed by atoms with E-state index >= 15 is 0 Å². The van der Waals surface area contributed by atoms with E-state index in [0.29, 0.717) is 0 Å². The number of benzene rings is 2. The molecular formula is C22H23FN4S. The molecule has 144 valence electrons. The lowest BCUT2D eigenvalue weighted by Crippen LogP contribution is -2.40. The van der Waals surface area contributed by atoms with Gasteiger partial charge < -0.3 is 15.5 Å². The van der Waals surface area contributed by atoms with E-state index in [1.165, 1.54) is 16.7 Å². The minimum atomic E-state index is -0.481. The van der Waals surface area contributed by atoms with Gasteiger partial charge in [0, 0.05) is 48.5 Å². The van der Waals surface area contributed by atoms with Crippen molar-refractivity contribution >= 4 is 22.4 Å². The molecule has 2 aromatic carbocycles. The molecule has 28 heavy (non-hydrogen) atoms. The zero-order chi connectivity index (χ0) is 19.7. The SMILES string of the molecule is CN1C=C(c2c(-c3ccc(C#N)c(F)c3)cccc2N2CCC(N)CC2)SC1. The monoisotopic (exact) mass is 394 g/mol. The first kappa shape index (κ1) is 18.9. The Morgan fingerprint density at radius 2 is 2.00 bits per heavy atom. The summed E-state index contributed by atoms with van der Waals surface area (Å²) in [6.45, 7) is 1.85. The second-order valence-corrected chi connectivity index (χ2v) is 8.34. The van der Waals surface area contributed by atoms with E-state index in [1.54, 1.807) is 17.8 Å². The summed E-state index contributed by atoms with van der Waals surface area (Å²) in [6, 6.07) is 13.2. The van der Waals surface area contributed by atoms with Crippen molar-refractivity contribution in [3.63, 3.8) is 0 Å². The molecule has 0 bridgehead atoms. The number of rotatable bonds is 3. The Balaban J connectivity index is 1.84. The van der Waals surface area contributed by atoms with E-state index < -0.39 is 5.82 Å². The van der Waals surface area contributed by atoms with Crippen LogP contribution < -0.4 is 10.6 Å². The van der Waals surface area contributed by atoms with E-state index in [9.17, 15) is 4.39 Å². The molecule has 2 aliphatic heterocycles. The van der Waals surface area contributed by atoms with Gasteiger partial charge in [-0.3, -0.25) is 0 Å². The van der Waals surface area contributed by atoms with Crippen LogP contribution in [-0.4, -0.2) is 37.0 Å². The fourth-order valence-electron chi connectivity index (χ4n) is 3.80. The average Bonchev–Trinajstić information content (AvgIpc) is 3.14. The lowest BCUT2D eigenvalue weighted by molar-refractivity contribution is 0.501. The van der Waals surface area contributed by atoms with Crippen LogP contribution in [0.25, 0.3) is 16.0 Å². The zero-order valence-electron chi connectivity index (χ0n) is 15.9. The summed E-state index contributed by atoms with van der Waals surface area (Å²) >= 11 is 1.79. The Morgan fingerprint density at radius 3 is 2.64 bits per heavy atom. The van der Waals surface area contributed by atoms with Gasteiger partial charge in [0.15, 0.2) is 0 Å². The van der Waals surface area contributed by atoms with E-state index in [4.69, 9.17) is 11.0 Å². The topological polar surface area (TPSA) is 56.3 Å². The van der Waals surface area contributed by atoms with Crippen LogP contribution in [0.4, 0.5) is 10.1 Å². The number of nitriles is 1. The standard InChI is InChI=1S/C22H23FN4S/c1-26-13-21(28-14-26)22-18(15-5-6-16(12-24)19(23)11-15)3-2-4-20(22)27-9-7-17(25)8-10-27/h2-6,11,13,17H,7-10,14,25H2,1H3. The van der Waals surface area contributed by atoms with E-state index in [1.807, 2.05) is 24.3 Å². The molecule has 1 fully saturated rings. The second-order valence-electron chi connectivity index (χ2n) is 7.35. The van der Waals surface area contributed by atoms with Crippen molar-refractivity contribution in [2.45, 2.75) is 18.9 Å². The van der Waals surface area contributed by atoms with Crippen LogP contribution in [0.5, 0.6) is 0 Å². The quantitative estimate of drug-likeness (QED) is 0.844. The normalized spacial score (nSPS) is 17.6.